The summed E-state index contributed by atoms with van der Waals surface area (Å²) in [4.78, 5) is 24.7. The number of alkyl halides is 1. The van der Waals surface area contributed by atoms with Gasteiger partial charge in [-0.15, -0.1) is 11.6 Å². The summed E-state index contributed by atoms with van der Waals surface area (Å²) in [5.41, 5.74) is 0.191. The standard InChI is InChI=1S/C14H18BrClN2O3/c1-3-12(4-2)17(6-5-16)14(19)10-7-11(15)9-13(8-10)18(20)21/h7-9,12H,3-6H2,1-2H3. The zero-order valence-corrected chi connectivity index (χ0v) is 14.4. The highest BCUT2D eigenvalue weighted by molar-refractivity contribution is 9.10. The molecule has 0 saturated carbocycles. The Kier molecular flexibility index (Phi) is 7.11. The Bertz CT molecular complexity index is 521. The van der Waals surface area contributed by atoms with Crippen molar-refractivity contribution in [2.24, 2.45) is 0 Å². The Labute approximate surface area is 137 Å². The van der Waals surface area contributed by atoms with E-state index in [0.29, 0.717) is 22.5 Å². The molecule has 0 atom stereocenters. The number of non-ortho nitro benzene ring substituents is 1. The fourth-order valence-electron chi connectivity index (χ4n) is 2.24. The van der Waals surface area contributed by atoms with E-state index in [4.69, 9.17) is 11.6 Å². The van der Waals surface area contributed by atoms with Gasteiger partial charge in [0.05, 0.1) is 4.92 Å². The molecule has 1 aromatic rings. The van der Waals surface area contributed by atoms with E-state index in [0.717, 1.165) is 12.8 Å². The molecule has 1 aromatic carbocycles. The molecule has 0 spiro atoms. The van der Waals surface area contributed by atoms with Crippen molar-refractivity contribution < 1.29 is 9.72 Å². The minimum absolute atomic E-state index is 0.0780. The van der Waals surface area contributed by atoms with E-state index in [1.54, 1.807) is 11.0 Å². The zero-order chi connectivity index (χ0) is 16.0. The number of amides is 1. The van der Waals surface area contributed by atoms with Crippen LogP contribution in [0.5, 0.6) is 0 Å². The van der Waals surface area contributed by atoms with Gasteiger partial charge >= 0.3 is 0 Å². The number of carbonyl (C=O) groups is 1. The fourth-order valence-corrected chi connectivity index (χ4v) is 2.90. The molecule has 116 valence electrons. The average Bonchev–Trinajstić information content (AvgIpc) is 2.46. The molecule has 0 radical (unpaired) electrons. The van der Waals surface area contributed by atoms with Gasteiger partial charge in [0.1, 0.15) is 0 Å². The van der Waals surface area contributed by atoms with Crippen LogP contribution in [0.2, 0.25) is 0 Å². The van der Waals surface area contributed by atoms with Crippen LogP contribution in [-0.4, -0.2) is 34.2 Å². The van der Waals surface area contributed by atoms with Gasteiger partial charge in [0.2, 0.25) is 0 Å². The Hall–Kier alpha value is -1.14. The number of nitrogens with zero attached hydrogens (tertiary/aromatic N) is 2. The van der Waals surface area contributed by atoms with Crippen LogP contribution in [0.1, 0.15) is 37.0 Å². The van der Waals surface area contributed by atoms with E-state index in [1.165, 1.54) is 12.1 Å². The Morgan fingerprint density at radius 1 is 1.38 bits per heavy atom. The van der Waals surface area contributed by atoms with Crippen molar-refractivity contribution in [1.29, 1.82) is 0 Å². The summed E-state index contributed by atoms with van der Waals surface area (Å²) in [6, 6.07) is 4.35. The van der Waals surface area contributed by atoms with Crippen molar-refractivity contribution in [3.63, 3.8) is 0 Å². The van der Waals surface area contributed by atoms with Crippen molar-refractivity contribution >= 4 is 39.1 Å². The Morgan fingerprint density at radius 2 is 2.00 bits per heavy atom. The molecule has 0 fully saturated rings. The van der Waals surface area contributed by atoms with E-state index in [9.17, 15) is 14.9 Å². The molecule has 0 bridgehead atoms. The molecular weight excluding hydrogens is 360 g/mol. The molecule has 0 unspecified atom stereocenters. The first-order valence-corrected chi connectivity index (χ1v) is 8.09. The predicted octanol–water partition coefficient (Wildman–Crippen LogP) is 4.23. The number of hydrogen-bond donors (Lipinski definition) is 0. The van der Waals surface area contributed by atoms with Crippen molar-refractivity contribution in [3.05, 3.63) is 38.3 Å². The smallest absolute Gasteiger partial charge is 0.271 e. The van der Waals surface area contributed by atoms with Crippen LogP contribution in [0, 0.1) is 10.1 Å². The molecule has 5 nitrogen and oxygen atoms in total. The summed E-state index contributed by atoms with van der Waals surface area (Å²) in [6.45, 7) is 4.44. The van der Waals surface area contributed by atoms with E-state index < -0.39 is 4.92 Å². The molecule has 0 aliphatic carbocycles. The number of benzene rings is 1. The second-order valence-corrected chi connectivity index (χ2v) is 5.91. The van der Waals surface area contributed by atoms with Gasteiger partial charge in [0, 0.05) is 40.6 Å². The normalized spacial score (nSPS) is 10.7. The lowest BCUT2D eigenvalue weighted by Gasteiger charge is -2.30. The van der Waals surface area contributed by atoms with Crippen LogP contribution in [0.25, 0.3) is 0 Å². The summed E-state index contributed by atoms with van der Waals surface area (Å²) >= 11 is 9.00. The third-order valence-electron chi connectivity index (χ3n) is 3.31. The first kappa shape index (κ1) is 17.9. The third kappa shape index (κ3) is 4.68. The molecule has 0 heterocycles. The maximum Gasteiger partial charge on any atom is 0.271 e. The minimum atomic E-state index is -0.509. The summed E-state index contributed by atoms with van der Waals surface area (Å²) in [5.74, 6) is 0.104. The van der Waals surface area contributed by atoms with Crippen molar-refractivity contribution in [2.45, 2.75) is 32.7 Å². The number of nitro benzene ring substituents is 1. The number of hydrogen-bond acceptors (Lipinski definition) is 3. The molecule has 0 N–H and O–H groups in total. The lowest BCUT2D eigenvalue weighted by molar-refractivity contribution is -0.385. The second kappa shape index (κ2) is 8.34. The maximum absolute atomic E-state index is 12.6. The van der Waals surface area contributed by atoms with E-state index in [-0.39, 0.29) is 17.6 Å². The maximum atomic E-state index is 12.6. The van der Waals surface area contributed by atoms with Gasteiger partial charge in [-0.25, -0.2) is 0 Å². The van der Waals surface area contributed by atoms with Gasteiger partial charge in [-0.1, -0.05) is 29.8 Å². The van der Waals surface area contributed by atoms with Crippen LogP contribution in [0.3, 0.4) is 0 Å². The quantitative estimate of drug-likeness (QED) is 0.406. The lowest BCUT2D eigenvalue weighted by Crippen LogP contribution is -2.41. The topological polar surface area (TPSA) is 63.5 Å². The summed E-state index contributed by atoms with van der Waals surface area (Å²) < 4.78 is 0.510. The van der Waals surface area contributed by atoms with Gasteiger partial charge in [0.15, 0.2) is 0 Å². The fraction of sp³-hybridized carbons (Fsp3) is 0.500. The van der Waals surface area contributed by atoms with Gasteiger partial charge in [0.25, 0.3) is 11.6 Å². The van der Waals surface area contributed by atoms with Crippen LogP contribution in [-0.2, 0) is 0 Å². The molecule has 1 rings (SSSR count). The van der Waals surface area contributed by atoms with E-state index in [1.807, 2.05) is 13.8 Å². The highest BCUT2D eigenvalue weighted by Gasteiger charge is 2.23. The average molecular weight is 378 g/mol. The molecule has 0 aliphatic rings. The summed E-state index contributed by atoms with van der Waals surface area (Å²) in [6.07, 6.45) is 1.63. The summed E-state index contributed by atoms with van der Waals surface area (Å²) in [7, 11) is 0. The van der Waals surface area contributed by atoms with Gasteiger partial charge < -0.3 is 4.90 Å². The first-order valence-electron chi connectivity index (χ1n) is 6.76. The number of rotatable bonds is 7. The third-order valence-corrected chi connectivity index (χ3v) is 3.94. The first-order chi connectivity index (χ1) is 9.94. The molecule has 21 heavy (non-hydrogen) atoms. The van der Waals surface area contributed by atoms with E-state index >= 15 is 0 Å². The number of halogens is 2. The molecule has 0 aliphatic heterocycles. The van der Waals surface area contributed by atoms with Crippen LogP contribution in [0.15, 0.2) is 22.7 Å². The molecule has 0 aromatic heterocycles. The highest BCUT2D eigenvalue weighted by atomic mass is 79.9. The van der Waals surface area contributed by atoms with Gasteiger partial charge in [-0.2, -0.15) is 0 Å². The minimum Gasteiger partial charge on any atom is -0.334 e. The molecular formula is C14H18BrClN2O3. The Morgan fingerprint density at radius 3 is 2.48 bits per heavy atom. The summed E-state index contributed by atoms with van der Waals surface area (Å²) in [5, 5.41) is 10.9. The van der Waals surface area contributed by atoms with Crippen molar-refractivity contribution in [1.82, 2.24) is 4.90 Å². The zero-order valence-electron chi connectivity index (χ0n) is 12.0. The number of nitro groups is 1. The van der Waals surface area contributed by atoms with Crippen LogP contribution < -0.4 is 0 Å². The predicted molar refractivity (Wildman–Crippen MR) is 86.9 cm³/mol. The monoisotopic (exact) mass is 376 g/mol. The van der Waals surface area contributed by atoms with Crippen molar-refractivity contribution in [3.8, 4) is 0 Å². The molecule has 0 saturated heterocycles. The highest BCUT2D eigenvalue weighted by Crippen LogP contribution is 2.23. The SMILES string of the molecule is CCC(CC)N(CCCl)C(=O)c1cc(Br)cc([N+](=O)[O-])c1. The van der Waals surface area contributed by atoms with Gasteiger partial charge in [-0.05, 0) is 18.9 Å². The van der Waals surface area contributed by atoms with Gasteiger partial charge in [-0.3, -0.25) is 14.9 Å². The van der Waals surface area contributed by atoms with E-state index in [2.05, 4.69) is 15.9 Å². The van der Waals surface area contributed by atoms with Crippen molar-refractivity contribution in [2.75, 3.05) is 12.4 Å². The molecule has 7 heteroatoms. The Balaban J connectivity index is 3.16. The lowest BCUT2D eigenvalue weighted by atomic mass is 10.1. The number of carbonyl (C=O) groups excluding carboxylic acids is 1. The largest absolute Gasteiger partial charge is 0.334 e. The van der Waals surface area contributed by atoms with Crippen LogP contribution in [0.4, 0.5) is 5.69 Å². The molecule has 1 amide bonds. The second-order valence-electron chi connectivity index (χ2n) is 4.61. The van der Waals surface area contributed by atoms with Crippen LogP contribution >= 0.6 is 27.5 Å².